The lowest BCUT2D eigenvalue weighted by atomic mass is 9.85. The molecule has 7 aromatic rings. The van der Waals surface area contributed by atoms with E-state index in [0.29, 0.717) is 5.56 Å². The molecule has 0 saturated heterocycles. The molecule has 0 unspecified atom stereocenters. The molecule has 2 aromatic heterocycles. The van der Waals surface area contributed by atoms with Crippen LogP contribution >= 0.6 is 11.3 Å². The van der Waals surface area contributed by atoms with Gasteiger partial charge in [0.2, 0.25) is 19.7 Å². The van der Waals surface area contributed by atoms with Gasteiger partial charge in [0.1, 0.15) is 0 Å². The number of thiophene rings is 1. The standard InChI is InChI=1S/C40H35NO4S3/c1-39(2,3)26-13-16-31-29(22-26)30-23-27(40(4,5)6)14-17-32(30)41(31)37-28(15-11-24-19-20-46-38(24)37)25-12-18-35-36(21-25)48(44,45)34-10-8-7-9-33(34)47(35,42)43/h7-23H,1-6H3. The molecule has 1 aliphatic heterocycles. The maximum atomic E-state index is 14.0. The van der Waals surface area contributed by atoms with Crippen LogP contribution in [0.25, 0.3) is 48.7 Å². The fourth-order valence-electron chi connectivity index (χ4n) is 6.91. The summed E-state index contributed by atoms with van der Waals surface area (Å²) < 4.78 is 58.6. The van der Waals surface area contributed by atoms with Gasteiger partial charge in [0.15, 0.2) is 0 Å². The SMILES string of the molecule is CC(C)(C)c1ccc2c(c1)c1cc(C(C)(C)C)ccc1n2-c1c(-c2ccc3c(c2)S(=O)(=O)c2ccccc2S3(=O)=O)ccc2ccsc12. The van der Waals surface area contributed by atoms with Crippen molar-refractivity contribution in [3.05, 3.63) is 114 Å². The van der Waals surface area contributed by atoms with E-state index in [1.54, 1.807) is 35.6 Å². The Kier molecular flexibility index (Phi) is 6.56. The highest BCUT2D eigenvalue weighted by molar-refractivity contribution is 7.97. The van der Waals surface area contributed by atoms with Crippen molar-refractivity contribution in [2.24, 2.45) is 0 Å². The molecule has 1 aliphatic rings. The number of rotatable bonds is 2. The summed E-state index contributed by atoms with van der Waals surface area (Å²) >= 11 is 1.64. The number of sulfone groups is 2. The summed E-state index contributed by atoms with van der Waals surface area (Å²) in [5.41, 5.74) is 6.88. The molecule has 3 heterocycles. The van der Waals surface area contributed by atoms with E-state index in [2.05, 4.69) is 94.0 Å². The third-order valence-electron chi connectivity index (χ3n) is 9.58. The molecule has 5 nitrogen and oxygen atoms in total. The molecule has 5 aromatic carbocycles. The molecule has 48 heavy (non-hydrogen) atoms. The largest absolute Gasteiger partial charge is 0.307 e. The van der Waals surface area contributed by atoms with Crippen molar-refractivity contribution in [1.29, 1.82) is 0 Å². The average molecular weight is 690 g/mol. The van der Waals surface area contributed by atoms with Gasteiger partial charge < -0.3 is 4.57 Å². The molecule has 8 rings (SSSR count). The van der Waals surface area contributed by atoms with Crippen molar-refractivity contribution in [2.75, 3.05) is 0 Å². The highest BCUT2D eigenvalue weighted by Crippen LogP contribution is 2.46. The topological polar surface area (TPSA) is 73.2 Å². The minimum atomic E-state index is -4.09. The molecule has 0 saturated carbocycles. The number of benzene rings is 5. The molecule has 0 radical (unpaired) electrons. The van der Waals surface area contributed by atoms with Gasteiger partial charge in [-0.2, -0.15) is 0 Å². The molecule has 0 N–H and O–H groups in total. The lowest BCUT2D eigenvalue weighted by molar-refractivity contribution is 0.570. The Morgan fingerprint density at radius 2 is 1.10 bits per heavy atom. The summed E-state index contributed by atoms with van der Waals surface area (Å²) in [5.74, 6) is 0. The van der Waals surface area contributed by atoms with E-state index in [1.165, 1.54) is 29.3 Å². The summed E-state index contributed by atoms with van der Waals surface area (Å²) in [4.78, 5) is -0.747. The van der Waals surface area contributed by atoms with Crippen molar-refractivity contribution < 1.29 is 16.8 Å². The average Bonchev–Trinajstić information content (AvgIpc) is 3.65. The third-order valence-corrected chi connectivity index (χ3v) is 14.5. The minimum absolute atomic E-state index is 0.0449. The normalized spacial score (nSPS) is 15.5. The van der Waals surface area contributed by atoms with Gasteiger partial charge in [0.05, 0.1) is 41.0 Å². The van der Waals surface area contributed by atoms with Gasteiger partial charge >= 0.3 is 0 Å². The smallest absolute Gasteiger partial charge is 0.209 e. The number of hydrogen-bond acceptors (Lipinski definition) is 5. The summed E-state index contributed by atoms with van der Waals surface area (Å²) in [7, 11) is -8.11. The summed E-state index contributed by atoms with van der Waals surface area (Å²) in [5, 5.41) is 5.45. The second kappa shape index (κ2) is 10.1. The van der Waals surface area contributed by atoms with Crippen LogP contribution in [0.3, 0.4) is 0 Å². The second-order valence-corrected chi connectivity index (χ2v) is 19.4. The van der Waals surface area contributed by atoms with Crippen LogP contribution in [0.4, 0.5) is 0 Å². The fraction of sp³-hybridized carbons (Fsp3) is 0.200. The zero-order valence-corrected chi connectivity index (χ0v) is 30.1. The Hall–Kier alpha value is -4.24. The highest BCUT2D eigenvalue weighted by atomic mass is 32.2. The van der Waals surface area contributed by atoms with Crippen LogP contribution in [0.1, 0.15) is 52.7 Å². The molecule has 0 fully saturated rings. The first-order valence-corrected chi connectivity index (χ1v) is 19.8. The maximum absolute atomic E-state index is 14.0. The van der Waals surface area contributed by atoms with Gasteiger partial charge in [-0.3, -0.25) is 0 Å². The monoisotopic (exact) mass is 689 g/mol. The maximum Gasteiger partial charge on any atom is 0.209 e. The van der Waals surface area contributed by atoms with Gasteiger partial charge in [0, 0.05) is 16.3 Å². The number of hydrogen-bond donors (Lipinski definition) is 0. The molecule has 0 amide bonds. The van der Waals surface area contributed by atoms with E-state index >= 15 is 0 Å². The quantitative estimate of drug-likeness (QED) is 0.181. The summed E-state index contributed by atoms with van der Waals surface area (Å²) in [6.45, 7) is 13.3. The number of fused-ring (bicyclic) bond motifs is 6. The lowest BCUT2D eigenvalue weighted by Gasteiger charge is -2.22. The minimum Gasteiger partial charge on any atom is -0.307 e. The first-order valence-electron chi connectivity index (χ1n) is 15.9. The lowest BCUT2D eigenvalue weighted by Crippen LogP contribution is -2.19. The van der Waals surface area contributed by atoms with E-state index in [-0.39, 0.29) is 30.4 Å². The van der Waals surface area contributed by atoms with Crippen LogP contribution in [-0.2, 0) is 30.5 Å². The van der Waals surface area contributed by atoms with Crippen LogP contribution in [0.15, 0.2) is 122 Å². The van der Waals surface area contributed by atoms with Crippen LogP contribution in [-0.4, -0.2) is 21.4 Å². The number of nitrogens with zero attached hydrogens (tertiary/aromatic N) is 1. The van der Waals surface area contributed by atoms with E-state index in [4.69, 9.17) is 0 Å². The molecule has 242 valence electrons. The van der Waals surface area contributed by atoms with E-state index in [9.17, 15) is 16.8 Å². The zero-order valence-electron chi connectivity index (χ0n) is 27.6. The first kappa shape index (κ1) is 31.1. The third kappa shape index (κ3) is 4.46. The van der Waals surface area contributed by atoms with Crippen molar-refractivity contribution in [2.45, 2.75) is 72.0 Å². The summed E-state index contributed by atoms with van der Waals surface area (Å²) in [6.07, 6.45) is 0. The second-order valence-electron chi connectivity index (χ2n) is 14.7. The Morgan fingerprint density at radius 1 is 0.562 bits per heavy atom. The molecule has 0 bridgehead atoms. The van der Waals surface area contributed by atoms with E-state index < -0.39 is 19.7 Å². The van der Waals surface area contributed by atoms with E-state index in [0.717, 1.165) is 43.1 Å². The van der Waals surface area contributed by atoms with Crippen LogP contribution in [0.5, 0.6) is 0 Å². The van der Waals surface area contributed by atoms with Gasteiger partial charge in [-0.25, -0.2) is 16.8 Å². The van der Waals surface area contributed by atoms with Gasteiger partial charge in [0.25, 0.3) is 0 Å². The Labute approximate surface area is 285 Å². The van der Waals surface area contributed by atoms with Crippen LogP contribution in [0.2, 0.25) is 0 Å². The van der Waals surface area contributed by atoms with Crippen molar-refractivity contribution in [3.8, 4) is 16.8 Å². The number of aromatic nitrogens is 1. The predicted molar refractivity (Wildman–Crippen MR) is 196 cm³/mol. The Morgan fingerprint density at radius 3 is 1.67 bits per heavy atom. The highest BCUT2D eigenvalue weighted by Gasteiger charge is 2.39. The van der Waals surface area contributed by atoms with Crippen molar-refractivity contribution in [1.82, 2.24) is 4.57 Å². The van der Waals surface area contributed by atoms with Crippen molar-refractivity contribution in [3.63, 3.8) is 0 Å². The van der Waals surface area contributed by atoms with Crippen LogP contribution in [0, 0.1) is 0 Å². The van der Waals surface area contributed by atoms with Gasteiger partial charge in [-0.1, -0.05) is 84.0 Å². The van der Waals surface area contributed by atoms with Crippen molar-refractivity contribution >= 4 is 62.9 Å². The van der Waals surface area contributed by atoms with E-state index in [1.807, 2.05) is 12.1 Å². The fourth-order valence-corrected chi connectivity index (χ4v) is 12.0. The molecule has 0 spiro atoms. The summed E-state index contributed by atoms with van der Waals surface area (Å²) in [6, 6.07) is 30.1. The van der Waals surface area contributed by atoms with Gasteiger partial charge in [-0.05, 0) is 92.9 Å². The Bertz CT molecular complexity index is 2650. The van der Waals surface area contributed by atoms with Gasteiger partial charge in [-0.15, -0.1) is 11.3 Å². The first-order chi connectivity index (χ1) is 22.6. The molecule has 0 aliphatic carbocycles. The predicted octanol–water partition coefficient (Wildman–Crippen LogP) is 10.2. The van der Waals surface area contributed by atoms with Crippen LogP contribution < -0.4 is 0 Å². The molecular formula is C40H35NO4S3. The Balaban J connectivity index is 1.47. The zero-order chi connectivity index (χ0) is 34.0. The molecule has 0 atom stereocenters. The molecule has 8 heteroatoms. The molecular weight excluding hydrogens is 655 g/mol.